The Labute approximate surface area is 151 Å². The maximum atomic E-state index is 12.4. The van der Waals surface area contributed by atoms with Crippen molar-refractivity contribution in [1.82, 2.24) is 14.9 Å². The Kier molecular flexibility index (Phi) is 6.58. The zero-order valence-corrected chi connectivity index (χ0v) is 15.8. The Morgan fingerprint density at radius 3 is 2.31 bits per heavy atom. The van der Waals surface area contributed by atoms with E-state index in [1.54, 1.807) is 20.8 Å². The molecule has 2 atom stereocenters. The molecular weight excluding hydrogens is 370 g/mol. The van der Waals surface area contributed by atoms with Gasteiger partial charge in [-0.05, 0) is 27.7 Å². The summed E-state index contributed by atoms with van der Waals surface area (Å²) in [6.07, 6.45) is -1.25. The number of amides is 3. The Bertz CT molecular complexity index is 697. The average Bonchev–Trinajstić information content (AvgIpc) is 2.41. The van der Waals surface area contributed by atoms with E-state index >= 15 is 0 Å². The molecule has 11 nitrogen and oxygen atoms in total. The third kappa shape index (κ3) is 6.17. The van der Waals surface area contributed by atoms with Crippen molar-refractivity contribution in [3.05, 3.63) is 0 Å². The summed E-state index contributed by atoms with van der Waals surface area (Å²) in [5, 5.41) is 12.8. The first-order chi connectivity index (χ1) is 11.7. The minimum absolute atomic E-state index is 0.364. The minimum Gasteiger partial charge on any atom is -0.480 e. The van der Waals surface area contributed by atoms with Gasteiger partial charge in [0.25, 0.3) is 5.91 Å². The van der Waals surface area contributed by atoms with Gasteiger partial charge in [0.15, 0.2) is 0 Å². The molecule has 1 fully saturated rings. The summed E-state index contributed by atoms with van der Waals surface area (Å²) in [5.74, 6) is -3.27. The quantitative estimate of drug-likeness (QED) is 0.520. The summed E-state index contributed by atoms with van der Waals surface area (Å²) in [6, 6.07) is -2.12. The van der Waals surface area contributed by atoms with Crippen molar-refractivity contribution in [3.63, 3.8) is 0 Å². The molecule has 0 aromatic rings. The van der Waals surface area contributed by atoms with Gasteiger partial charge < -0.3 is 20.5 Å². The SMILES string of the molecule is C[C@H](NC(=O)OC(C)(C)C)C(=O)N1C(CC(=O)NCC(=O)O)CS1(=O)=O. The Hall–Kier alpha value is -2.37. The van der Waals surface area contributed by atoms with Crippen LogP contribution in [0.2, 0.25) is 0 Å². The van der Waals surface area contributed by atoms with E-state index in [0.29, 0.717) is 4.31 Å². The second-order valence-electron chi connectivity index (χ2n) is 6.81. The number of rotatable bonds is 6. The fourth-order valence-corrected chi connectivity index (χ4v) is 3.88. The van der Waals surface area contributed by atoms with Crippen LogP contribution < -0.4 is 10.6 Å². The van der Waals surface area contributed by atoms with Gasteiger partial charge in [-0.3, -0.25) is 14.4 Å². The largest absolute Gasteiger partial charge is 0.480 e. The van der Waals surface area contributed by atoms with Crippen LogP contribution in [0.3, 0.4) is 0 Å². The Morgan fingerprint density at radius 2 is 1.85 bits per heavy atom. The number of carboxylic acids is 1. The van der Waals surface area contributed by atoms with Crippen LogP contribution in [0.15, 0.2) is 0 Å². The highest BCUT2D eigenvalue weighted by atomic mass is 32.2. The third-order valence-electron chi connectivity index (χ3n) is 3.21. The van der Waals surface area contributed by atoms with Crippen LogP contribution in [0, 0.1) is 0 Å². The van der Waals surface area contributed by atoms with Gasteiger partial charge in [0, 0.05) is 6.42 Å². The molecule has 0 aromatic heterocycles. The molecule has 0 aliphatic carbocycles. The molecule has 1 aliphatic heterocycles. The van der Waals surface area contributed by atoms with Crippen LogP contribution in [-0.4, -0.2) is 71.7 Å². The van der Waals surface area contributed by atoms with Crippen molar-refractivity contribution in [2.45, 2.75) is 51.8 Å². The van der Waals surface area contributed by atoms with Crippen molar-refractivity contribution in [3.8, 4) is 0 Å². The van der Waals surface area contributed by atoms with Gasteiger partial charge >= 0.3 is 12.1 Å². The number of aliphatic carboxylic acids is 1. The summed E-state index contributed by atoms with van der Waals surface area (Å²) in [4.78, 5) is 46.1. The number of sulfonamides is 1. The number of carbonyl (C=O) groups is 4. The standard InChI is InChI=1S/C14H23N3O8S/c1-8(16-13(22)25-14(2,3)4)12(21)17-9(7-26(17,23)24)5-10(18)15-6-11(19)20/h8-9H,5-7H2,1-4H3,(H,15,18)(H,16,22)(H,19,20)/t8-,9?/m0/s1. The summed E-state index contributed by atoms with van der Waals surface area (Å²) >= 11 is 0. The molecule has 148 valence electrons. The molecule has 1 saturated heterocycles. The number of ether oxygens (including phenoxy) is 1. The highest BCUT2D eigenvalue weighted by Gasteiger charge is 2.48. The minimum atomic E-state index is -3.87. The number of alkyl carbamates (subject to hydrolysis) is 1. The van der Waals surface area contributed by atoms with E-state index in [2.05, 4.69) is 10.6 Å². The lowest BCUT2D eigenvalue weighted by Gasteiger charge is -2.40. The smallest absolute Gasteiger partial charge is 0.408 e. The van der Waals surface area contributed by atoms with Gasteiger partial charge in [-0.15, -0.1) is 0 Å². The van der Waals surface area contributed by atoms with E-state index in [1.165, 1.54) is 6.92 Å². The molecule has 0 radical (unpaired) electrons. The molecule has 1 heterocycles. The lowest BCUT2D eigenvalue weighted by molar-refractivity contribution is -0.138. The average molecular weight is 393 g/mol. The normalized spacial score (nSPS) is 19.7. The molecule has 1 rings (SSSR count). The third-order valence-corrected chi connectivity index (χ3v) is 5.10. The number of carboxylic acid groups (broad SMARTS) is 1. The lowest BCUT2D eigenvalue weighted by atomic mass is 10.2. The topological polar surface area (TPSA) is 159 Å². The van der Waals surface area contributed by atoms with E-state index in [0.717, 1.165) is 0 Å². The number of nitrogens with one attached hydrogen (secondary N) is 2. The van der Waals surface area contributed by atoms with Crippen LogP contribution >= 0.6 is 0 Å². The molecule has 1 aliphatic rings. The van der Waals surface area contributed by atoms with Crippen LogP contribution in [0.1, 0.15) is 34.1 Å². The molecule has 1 unspecified atom stereocenters. The lowest BCUT2D eigenvalue weighted by Crippen LogP contribution is -2.64. The zero-order chi connectivity index (χ0) is 20.3. The van der Waals surface area contributed by atoms with Crippen LogP contribution in [-0.2, 0) is 29.1 Å². The van der Waals surface area contributed by atoms with Crippen LogP contribution in [0.4, 0.5) is 4.79 Å². The maximum Gasteiger partial charge on any atom is 0.408 e. The number of nitrogens with zero attached hydrogens (tertiary/aromatic N) is 1. The maximum absolute atomic E-state index is 12.4. The first-order valence-corrected chi connectivity index (χ1v) is 9.38. The van der Waals surface area contributed by atoms with Gasteiger partial charge in [0.2, 0.25) is 15.9 Å². The van der Waals surface area contributed by atoms with Gasteiger partial charge in [0.1, 0.15) is 18.2 Å². The Balaban J connectivity index is 2.70. The molecule has 3 amide bonds. The van der Waals surface area contributed by atoms with Crippen molar-refractivity contribution >= 4 is 33.9 Å². The van der Waals surface area contributed by atoms with Crippen molar-refractivity contribution in [2.24, 2.45) is 0 Å². The van der Waals surface area contributed by atoms with E-state index < -0.39 is 63.9 Å². The van der Waals surface area contributed by atoms with E-state index in [1.807, 2.05) is 0 Å². The second-order valence-corrected chi connectivity index (χ2v) is 8.70. The summed E-state index contributed by atoms with van der Waals surface area (Å²) in [5.41, 5.74) is -0.791. The molecular formula is C14H23N3O8S. The summed E-state index contributed by atoms with van der Waals surface area (Å²) in [7, 11) is -3.87. The number of carbonyl (C=O) groups excluding carboxylic acids is 3. The molecule has 3 N–H and O–H groups in total. The molecule has 0 aromatic carbocycles. The summed E-state index contributed by atoms with van der Waals surface area (Å²) < 4.78 is 29.3. The summed E-state index contributed by atoms with van der Waals surface area (Å²) in [6.45, 7) is 5.57. The predicted octanol–water partition coefficient (Wildman–Crippen LogP) is -0.969. The highest BCUT2D eigenvalue weighted by Crippen LogP contribution is 2.25. The second kappa shape index (κ2) is 7.89. The predicted molar refractivity (Wildman–Crippen MR) is 88.5 cm³/mol. The van der Waals surface area contributed by atoms with Crippen LogP contribution in [0.25, 0.3) is 0 Å². The van der Waals surface area contributed by atoms with E-state index in [-0.39, 0.29) is 6.42 Å². The van der Waals surface area contributed by atoms with Gasteiger partial charge in [0.05, 0.1) is 11.8 Å². The molecule has 26 heavy (non-hydrogen) atoms. The van der Waals surface area contributed by atoms with E-state index in [4.69, 9.17) is 9.84 Å². The zero-order valence-electron chi connectivity index (χ0n) is 14.9. The molecule has 12 heteroatoms. The van der Waals surface area contributed by atoms with Crippen molar-refractivity contribution in [1.29, 1.82) is 0 Å². The van der Waals surface area contributed by atoms with E-state index in [9.17, 15) is 27.6 Å². The van der Waals surface area contributed by atoms with Gasteiger partial charge in [-0.1, -0.05) is 0 Å². The first-order valence-electron chi connectivity index (χ1n) is 7.77. The fraction of sp³-hybridized carbons (Fsp3) is 0.714. The number of hydrogen-bond donors (Lipinski definition) is 3. The van der Waals surface area contributed by atoms with Crippen molar-refractivity contribution in [2.75, 3.05) is 12.3 Å². The highest BCUT2D eigenvalue weighted by molar-refractivity contribution is 7.91. The molecule has 0 saturated carbocycles. The monoisotopic (exact) mass is 393 g/mol. The van der Waals surface area contributed by atoms with Gasteiger partial charge in [-0.25, -0.2) is 17.5 Å². The number of hydrogen-bond acceptors (Lipinski definition) is 7. The molecule has 0 bridgehead atoms. The van der Waals surface area contributed by atoms with Crippen LogP contribution in [0.5, 0.6) is 0 Å². The fourth-order valence-electron chi connectivity index (χ4n) is 2.19. The Morgan fingerprint density at radius 1 is 1.27 bits per heavy atom. The first kappa shape index (κ1) is 21.7. The van der Waals surface area contributed by atoms with Gasteiger partial charge in [-0.2, -0.15) is 0 Å². The van der Waals surface area contributed by atoms with Crippen molar-refractivity contribution < 1.29 is 37.4 Å². The molecule has 0 spiro atoms.